The number of para-hydroxylation sites is 1. The average molecular weight is 421 g/mol. The van der Waals surface area contributed by atoms with Gasteiger partial charge in [-0.05, 0) is 48.0 Å². The van der Waals surface area contributed by atoms with E-state index in [0.29, 0.717) is 0 Å². The number of benzene rings is 3. The van der Waals surface area contributed by atoms with Gasteiger partial charge >= 0.3 is 0 Å². The minimum Gasteiger partial charge on any atom is -0.284 e. The third kappa shape index (κ3) is 3.96. The van der Waals surface area contributed by atoms with Crippen molar-refractivity contribution >= 4 is 27.8 Å². The number of rotatable bonds is 4. The molecule has 0 radical (unpaired) electrons. The molecule has 0 aliphatic heterocycles. The van der Waals surface area contributed by atoms with Crippen molar-refractivity contribution in [2.45, 2.75) is 6.92 Å². The van der Waals surface area contributed by atoms with Gasteiger partial charge in [-0.25, -0.2) is 0 Å². The lowest BCUT2D eigenvalue weighted by Gasteiger charge is -2.10. The van der Waals surface area contributed by atoms with Crippen LogP contribution < -0.4 is 4.80 Å². The van der Waals surface area contributed by atoms with Crippen molar-refractivity contribution < 1.29 is 0 Å². The van der Waals surface area contributed by atoms with Gasteiger partial charge in [-0.3, -0.25) is 9.55 Å². The SMILES string of the molecule is C/C(=N\N=c1/scc(-c2ccc3ccccc3c2)n1-c1ccccc1)c1ccccn1. The molecule has 0 atom stereocenters. The molecule has 0 bridgehead atoms. The van der Waals surface area contributed by atoms with Crippen LogP contribution in [-0.2, 0) is 0 Å². The number of aromatic nitrogens is 2. The predicted octanol–water partition coefficient (Wildman–Crippen LogP) is 6.08. The van der Waals surface area contributed by atoms with E-state index >= 15 is 0 Å². The van der Waals surface area contributed by atoms with E-state index < -0.39 is 0 Å². The molecule has 0 aliphatic rings. The highest BCUT2D eigenvalue weighted by molar-refractivity contribution is 7.07. The van der Waals surface area contributed by atoms with E-state index in [4.69, 9.17) is 0 Å². The van der Waals surface area contributed by atoms with Crippen molar-refractivity contribution in [1.29, 1.82) is 0 Å². The Hall–Kier alpha value is -3.83. The molecule has 0 N–H and O–H groups in total. The van der Waals surface area contributed by atoms with Crippen molar-refractivity contribution in [1.82, 2.24) is 9.55 Å². The van der Waals surface area contributed by atoms with Crippen molar-refractivity contribution in [3.8, 4) is 16.9 Å². The van der Waals surface area contributed by atoms with Crippen LogP contribution in [0.4, 0.5) is 0 Å². The fraction of sp³-hybridized carbons (Fsp3) is 0.0385. The lowest BCUT2D eigenvalue weighted by atomic mass is 10.1. The van der Waals surface area contributed by atoms with Gasteiger partial charge in [0, 0.05) is 22.8 Å². The highest BCUT2D eigenvalue weighted by Gasteiger charge is 2.11. The van der Waals surface area contributed by atoms with E-state index in [9.17, 15) is 0 Å². The molecule has 2 aromatic heterocycles. The Balaban J connectivity index is 1.67. The van der Waals surface area contributed by atoms with Gasteiger partial charge in [-0.2, -0.15) is 5.10 Å². The zero-order chi connectivity index (χ0) is 21.0. The standard InChI is InChI=1S/C26H20N4S/c1-19(24-13-7-8-16-27-24)28-29-26-30(23-11-3-2-4-12-23)25(18-31-26)22-15-14-20-9-5-6-10-21(20)17-22/h2-18H,1H3/b28-19+,29-26-. The molecule has 5 heteroatoms. The van der Waals surface area contributed by atoms with Crippen molar-refractivity contribution in [3.05, 3.63) is 113 Å². The molecule has 3 aromatic carbocycles. The normalized spacial score (nSPS) is 12.4. The van der Waals surface area contributed by atoms with Gasteiger partial charge in [0.15, 0.2) is 0 Å². The molecule has 0 saturated heterocycles. The Morgan fingerprint density at radius 2 is 1.61 bits per heavy atom. The number of thiazole rings is 1. The van der Waals surface area contributed by atoms with Gasteiger partial charge in [0.2, 0.25) is 4.80 Å². The number of hydrogen-bond acceptors (Lipinski definition) is 4. The zero-order valence-corrected chi connectivity index (χ0v) is 17.8. The second-order valence-corrected chi connectivity index (χ2v) is 7.97. The molecular weight excluding hydrogens is 400 g/mol. The molecule has 31 heavy (non-hydrogen) atoms. The summed E-state index contributed by atoms with van der Waals surface area (Å²) in [6, 6.07) is 31.0. The van der Waals surface area contributed by atoms with E-state index in [1.54, 1.807) is 17.5 Å². The van der Waals surface area contributed by atoms with Crippen LogP contribution in [0.5, 0.6) is 0 Å². The van der Waals surface area contributed by atoms with Gasteiger partial charge in [0.1, 0.15) is 0 Å². The third-order valence-electron chi connectivity index (χ3n) is 5.09. The van der Waals surface area contributed by atoms with Crippen LogP contribution in [0, 0.1) is 0 Å². The molecule has 0 spiro atoms. The van der Waals surface area contributed by atoms with Gasteiger partial charge in [0.05, 0.1) is 17.1 Å². The molecule has 0 aliphatic carbocycles. The van der Waals surface area contributed by atoms with E-state index in [2.05, 4.69) is 79.7 Å². The Labute approximate surface area is 184 Å². The fourth-order valence-corrected chi connectivity index (χ4v) is 4.36. The van der Waals surface area contributed by atoms with Crippen LogP contribution >= 0.6 is 11.3 Å². The number of fused-ring (bicyclic) bond motifs is 1. The quantitative estimate of drug-likeness (QED) is 0.257. The molecular formula is C26H20N4S. The monoisotopic (exact) mass is 420 g/mol. The molecule has 4 nitrogen and oxygen atoms in total. The van der Waals surface area contributed by atoms with Crippen molar-refractivity contribution in [2.24, 2.45) is 10.2 Å². The largest absolute Gasteiger partial charge is 0.284 e. The molecule has 0 saturated carbocycles. The molecule has 0 amide bonds. The summed E-state index contributed by atoms with van der Waals surface area (Å²) < 4.78 is 2.16. The first kappa shape index (κ1) is 19.2. The van der Waals surface area contributed by atoms with Gasteiger partial charge in [0.25, 0.3) is 0 Å². The highest BCUT2D eigenvalue weighted by Crippen LogP contribution is 2.27. The number of hydrogen-bond donors (Lipinski definition) is 0. The second-order valence-electron chi connectivity index (χ2n) is 7.14. The van der Waals surface area contributed by atoms with Crippen LogP contribution in [0.2, 0.25) is 0 Å². The van der Waals surface area contributed by atoms with E-state index in [1.165, 1.54) is 10.8 Å². The highest BCUT2D eigenvalue weighted by atomic mass is 32.1. The fourth-order valence-electron chi connectivity index (χ4n) is 3.50. The maximum absolute atomic E-state index is 4.60. The van der Waals surface area contributed by atoms with Crippen LogP contribution in [0.25, 0.3) is 27.7 Å². The maximum Gasteiger partial charge on any atom is 0.215 e. The summed E-state index contributed by atoms with van der Waals surface area (Å²) in [6.45, 7) is 1.93. The first-order chi connectivity index (χ1) is 15.3. The Morgan fingerprint density at radius 3 is 2.42 bits per heavy atom. The van der Waals surface area contributed by atoms with Crippen molar-refractivity contribution in [2.75, 3.05) is 0 Å². The molecule has 5 rings (SSSR count). The molecule has 2 heterocycles. The molecule has 150 valence electrons. The van der Waals surface area contributed by atoms with Crippen molar-refractivity contribution in [3.63, 3.8) is 0 Å². The van der Waals surface area contributed by atoms with Crippen LogP contribution in [0.1, 0.15) is 12.6 Å². The number of nitrogens with zero attached hydrogens (tertiary/aromatic N) is 4. The second kappa shape index (κ2) is 8.50. The van der Waals surface area contributed by atoms with E-state index in [-0.39, 0.29) is 0 Å². The Bertz CT molecular complexity index is 1430. The summed E-state index contributed by atoms with van der Waals surface area (Å²) in [7, 11) is 0. The minimum atomic E-state index is 0.779. The minimum absolute atomic E-state index is 0.779. The van der Waals surface area contributed by atoms with E-state index in [1.807, 2.05) is 43.3 Å². The summed E-state index contributed by atoms with van der Waals surface area (Å²) in [6.07, 6.45) is 1.77. The topological polar surface area (TPSA) is 42.5 Å². The third-order valence-corrected chi connectivity index (χ3v) is 5.91. The summed E-state index contributed by atoms with van der Waals surface area (Å²) in [5.41, 5.74) is 4.89. The smallest absolute Gasteiger partial charge is 0.215 e. The lowest BCUT2D eigenvalue weighted by molar-refractivity contribution is 0.969. The average Bonchev–Trinajstić information content (AvgIpc) is 3.27. The van der Waals surface area contributed by atoms with Gasteiger partial charge in [-0.1, -0.05) is 60.7 Å². The van der Waals surface area contributed by atoms with Crippen LogP contribution in [0.15, 0.2) is 113 Å². The molecule has 0 unspecified atom stereocenters. The van der Waals surface area contributed by atoms with Gasteiger partial charge in [-0.15, -0.1) is 16.4 Å². The maximum atomic E-state index is 4.60. The summed E-state index contributed by atoms with van der Waals surface area (Å²) in [5, 5.41) is 13.7. The van der Waals surface area contributed by atoms with Crippen LogP contribution in [0.3, 0.4) is 0 Å². The Morgan fingerprint density at radius 1 is 0.839 bits per heavy atom. The number of pyridine rings is 1. The van der Waals surface area contributed by atoms with Gasteiger partial charge < -0.3 is 0 Å². The van der Waals surface area contributed by atoms with E-state index in [0.717, 1.165) is 33.2 Å². The first-order valence-electron chi connectivity index (χ1n) is 10.0. The Kier molecular flexibility index (Phi) is 5.25. The summed E-state index contributed by atoms with van der Waals surface area (Å²) >= 11 is 1.58. The molecule has 0 fully saturated rings. The summed E-state index contributed by atoms with van der Waals surface area (Å²) in [4.78, 5) is 5.17. The zero-order valence-electron chi connectivity index (χ0n) is 17.0. The van der Waals surface area contributed by atoms with Crippen LogP contribution in [-0.4, -0.2) is 15.3 Å². The predicted molar refractivity (Wildman–Crippen MR) is 129 cm³/mol. The molecule has 5 aromatic rings. The lowest BCUT2D eigenvalue weighted by Crippen LogP contribution is -2.13. The summed E-state index contributed by atoms with van der Waals surface area (Å²) in [5.74, 6) is 0. The first-order valence-corrected chi connectivity index (χ1v) is 10.9.